The summed E-state index contributed by atoms with van der Waals surface area (Å²) in [5.74, 6) is 0.0795. The Morgan fingerprint density at radius 3 is 2.51 bits per heavy atom. The number of piperidine rings is 1. The number of likely N-dealkylation sites (tertiary alicyclic amines) is 1. The molecule has 8 heteroatoms. The molecule has 2 atom stereocenters. The van der Waals surface area contributed by atoms with Crippen LogP contribution in [0.3, 0.4) is 0 Å². The Morgan fingerprint density at radius 2 is 1.78 bits per heavy atom. The van der Waals surface area contributed by atoms with E-state index in [4.69, 9.17) is 0 Å². The minimum absolute atomic E-state index is 0.000247. The largest absolute Gasteiger partial charge is 0.416 e. The van der Waals surface area contributed by atoms with Crippen LogP contribution in [0.4, 0.5) is 13.2 Å². The molecule has 2 aliphatic heterocycles. The van der Waals surface area contributed by atoms with Crippen LogP contribution in [-0.2, 0) is 28.7 Å². The minimum atomic E-state index is -4.44. The number of carbonyl (C=O) groups is 2. The average Bonchev–Trinajstić information content (AvgIpc) is 2.89. The van der Waals surface area contributed by atoms with Gasteiger partial charge >= 0.3 is 6.18 Å². The summed E-state index contributed by atoms with van der Waals surface area (Å²) < 4.78 is 39.8. The van der Waals surface area contributed by atoms with Crippen molar-refractivity contribution in [2.24, 2.45) is 5.92 Å². The van der Waals surface area contributed by atoms with E-state index in [2.05, 4.69) is 11.8 Å². The zero-order valence-corrected chi connectivity index (χ0v) is 21.4. The molecular weight excluding hydrogens is 479 g/mol. The Bertz CT molecular complexity index is 1060. The average molecular weight is 516 g/mol. The quantitative estimate of drug-likeness (QED) is 0.497. The predicted octanol–water partition coefficient (Wildman–Crippen LogP) is 5.00. The molecule has 0 radical (unpaired) electrons. The highest BCUT2D eigenvalue weighted by Crippen LogP contribution is 2.30. The molecule has 200 valence electrons. The van der Waals surface area contributed by atoms with Crippen LogP contribution < -0.4 is 0 Å². The number of rotatable bonds is 8. The highest BCUT2D eigenvalue weighted by Gasteiger charge is 2.36. The lowest BCUT2D eigenvalue weighted by atomic mass is 9.93. The maximum atomic E-state index is 13.3. The van der Waals surface area contributed by atoms with E-state index in [9.17, 15) is 22.8 Å². The van der Waals surface area contributed by atoms with Crippen LogP contribution in [0.5, 0.6) is 0 Å². The Labute approximate surface area is 217 Å². The molecule has 2 saturated heterocycles. The van der Waals surface area contributed by atoms with E-state index in [1.165, 1.54) is 6.07 Å². The first-order valence-corrected chi connectivity index (χ1v) is 13.2. The maximum absolute atomic E-state index is 13.3. The van der Waals surface area contributed by atoms with Crippen LogP contribution in [0.2, 0.25) is 0 Å². The summed E-state index contributed by atoms with van der Waals surface area (Å²) in [5, 5.41) is 0. The number of aryl methyl sites for hydroxylation is 1. The second-order valence-corrected chi connectivity index (χ2v) is 10.3. The lowest BCUT2D eigenvalue weighted by Gasteiger charge is -2.42. The zero-order chi connectivity index (χ0) is 26.4. The van der Waals surface area contributed by atoms with Gasteiger partial charge in [-0.1, -0.05) is 49.4 Å². The van der Waals surface area contributed by atoms with Gasteiger partial charge in [0.05, 0.1) is 18.2 Å². The van der Waals surface area contributed by atoms with Crippen molar-refractivity contribution in [3.8, 4) is 0 Å². The minimum Gasteiger partial charge on any atom is -0.332 e. The Morgan fingerprint density at radius 1 is 1.03 bits per heavy atom. The van der Waals surface area contributed by atoms with E-state index in [0.29, 0.717) is 37.3 Å². The molecule has 4 rings (SSSR count). The van der Waals surface area contributed by atoms with Crippen LogP contribution >= 0.6 is 0 Å². The number of hydrogen-bond acceptors (Lipinski definition) is 3. The number of nitrogens with zero attached hydrogens (tertiary/aromatic N) is 3. The SMILES string of the molecule is CCN1CCCC(CC(=O)N2CC(=O)N(Cc3cccc(C(F)(F)F)c3)[C@@H](CCc3ccccc3)C2)C1. The van der Waals surface area contributed by atoms with Gasteiger partial charge in [-0.15, -0.1) is 0 Å². The third-order valence-corrected chi connectivity index (χ3v) is 7.60. The summed E-state index contributed by atoms with van der Waals surface area (Å²) in [6.07, 6.45) is -0.565. The molecule has 2 aromatic rings. The molecule has 2 heterocycles. The van der Waals surface area contributed by atoms with Crippen LogP contribution in [-0.4, -0.2) is 65.3 Å². The molecular formula is C29H36F3N3O2. The summed E-state index contributed by atoms with van der Waals surface area (Å²) in [5.41, 5.74) is 0.842. The number of hydrogen-bond donors (Lipinski definition) is 0. The number of halogens is 3. The molecule has 0 saturated carbocycles. The standard InChI is InChI=1S/C29H36F3N3O2/c1-2-33-15-7-11-24(18-33)17-27(36)34-20-26(14-13-22-8-4-3-5-9-22)35(28(37)21-34)19-23-10-6-12-25(16-23)29(30,31)32/h3-6,8-10,12,16,24,26H,2,7,11,13-15,17-21H2,1H3/t24?,26-/m0/s1. The summed E-state index contributed by atoms with van der Waals surface area (Å²) in [6.45, 7) is 5.55. The molecule has 37 heavy (non-hydrogen) atoms. The van der Waals surface area contributed by atoms with Gasteiger partial charge in [-0.2, -0.15) is 13.2 Å². The number of alkyl halides is 3. The van der Waals surface area contributed by atoms with E-state index in [1.807, 2.05) is 30.3 Å². The molecule has 2 fully saturated rings. The van der Waals surface area contributed by atoms with Crippen molar-refractivity contribution in [2.75, 3.05) is 32.7 Å². The van der Waals surface area contributed by atoms with Gasteiger partial charge in [0.25, 0.3) is 0 Å². The number of benzene rings is 2. The van der Waals surface area contributed by atoms with Crippen LogP contribution in [0.15, 0.2) is 54.6 Å². The fourth-order valence-corrected chi connectivity index (χ4v) is 5.53. The third-order valence-electron chi connectivity index (χ3n) is 7.60. The van der Waals surface area contributed by atoms with Crippen molar-refractivity contribution < 1.29 is 22.8 Å². The second-order valence-electron chi connectivity index (χ2n) is 10.3. The van der Waals surface area contributed by atoms with Gasteiger partial charge in [-0.05, 0) is 68.0 Å². The predicted molar refractivity (Wildman–Crippen MR) is 137 cm³/mol. The van der Waals surface area contributed by atoms with Gasteiger partial charge in [0.2, 0.25) is 11.8 Å². The first-order chi connectivity index (χ1) is 17.7. The van der Waals surface area contributed by atoms with Crippen LogP contribution in [0.25, 0.3) is 0 Å². The molecule has 0 bridgehead atoms. The summed E-state index contributed by atoms with van der Waals surface area (Å²) >= 11 is 0. The third kappa shape index (κ3) is 7.34. The van der Waals surface area contributed by atoms with Crippen LogP contribution in [0.1, 0.15) is 49.3 Å². The fourth-order valence-electron chi connectivity index (χ4n) is 5.53. The molecule has 0 aromatic heterocycles. The van der Waals surface area contributed by atoms with Gasteiger partial charge in [0.15, 0.2) is 0 Å². The van der Waals surface area contributed by atoms with E-state index in [0.717, 1.165) is 50.2 Å². The summed E-state index contributed by atoms with van der Waals surface area (Å²) in [7, 11) is 0. The van der Waals surface area contributed by atoms with E-state index in [-0.39, 0.29) is 30.9 Å². The van der Waals surface area contributed by atoms with Crippen molar-refractivity contribution in [1.82, 2.24) is 14.7 Å². The maximum Gasteiger partial charge on any atom is 0.416 e. The molecule has 2 amide bonds. The van der Waals surface area contributed by atoms with Crippen molar-refractivity contribution in [2.45, 2.75) is 57.8 Å². The Kier molecular flexibility index (Phi) is 8.90. The van der Waals surface area contributed by atoms with E-state index in [1.54, 1.807) is 15.9 Å². The van der Waals surface area contributed by atoms with Crippen LogP contribution in [0, 0.1) is 5.92 Å². The van der Waals surface area contributed by atoms with Crippen molar-refractivity contribution in [3.05, 3.63) is 71.3 Å². The molecule has 0 spiro atoms. The van der Waals surface area contributed by atoms with Gasteiger partial charge in [-0.25, -0.2) is 0 Å². The number of piperazine rings is 1. The highest BCUT2D eigenvalue weighted by molar-refractivity contribution is 5.86. The molecule has 0 aliphatic carbocycles. The highest BCUT2D eigenvalue weighted by atomic mass is 19.4. The molecule has 1 unspecified atom stereocenters. The van der Waals surface area contributed by atoms with Crippen molar-refractivity contribution in [1.29, 1.82) is 0 Å². The molecule has 0 N–H and O–H groups in total. The zero-order valence-electron chi connectivity index (χ0n) is 21.4. The van der Waals surface area contributed by atoms with Crippen molar-refractivity contribution >= 4 is 11.8 Å². The normalized spacial score (nSPS) is 21.4. The topological polar surface area (TPSA) is 43.9 Å². The van der Waals surface area contributed by atoms with E-state index >= 15 is 0 Å². The molecule has 2 aromatic carbocycles. The number of amides is 2. The smallest absolute Gasteiger partial charge is 0.332 e. The van der Waals surface area contributed by atoms with Crippen molar-refractivity contribution in [3.63, 3.8) is 0 Å². The van der Waals surface area contributed by atoms with Gasteiger partial charge in [0.1, 0.15) is 0 Å². The van der Waals surface area contributed by atoms with Gasteiger partial charge < -0.3 is 14.7 Å². The summed E-state index contributed by atoms with van der Waals surface area (Å²) in [4.78, 5) is 32.3. The fraction of sp³-hybridized carbons (Fsp3) is 0.517. The molecule has 2 aliphatic rings. The first-order valence-electron chi connectivity index (χ1n) is 13.2. The van der Waals surface area contributed by atoms with Gasteiger partial charge in [0, 0.05) is 26.1 Å². The van der Waals surface area contributed by atoms with E-state index < -0.39 is 11.7 Å². The van der Waals surface area contributed by atoms with Gasteiger partial charge in [-0.3, -0.25) is 9.59 Å². The first kappa shape index (κ1) is 27.2. The lowest BCUT2D eigenvalue weighted by molar-refractivity contribution is -0.150. The molecule has 5 nitrogen and oxygen atoms in total. The monoisotopic (exact) mass is 515 g/mol. The number of carbonyl (C=O) groups excluding carboxylic acids is 2. The Hall–Kier alpha value is -2.87. The lowest BCUT2D eigenvalue weighted by Crippen LogP contribution is -2.57. The summed E-state index contributed by atoms with van der Waals surface area (Å²) in [6, 6.07) is 14.8. The second kappa shape index (κ2) is 12.1. The Balaban J connectivity index is 1.48.